The fraction of sp³-hybridized carbons (Fsp3) is 0. The predicted molar refractivity (Wildman–Crippen MR) is 108 cm³/mol. The van der Waals surface area contributed by atoms with Crippen LogP contribution in [0.2, 0.25) is 10.0 Å². The van der Waals surface area contributed by atoms with Crippen molar-refractivity contribution < 1.29 is 9.59 Å². The normalized spacial score (nSPS) is 10.4. The lowest BCUT2D eigenvalue weighted by molar-refractivity contribution is 0.102. The molecule has 3 nitrogen and oxygen atoms in total. The standard InChI is InChI=1S/C20H12BrCl2NO2/c21-13-8-9-18(24-20(26)12-4-3-5-14(22)10-12)16(11-13)19(25)15-6-1-2-7-17(15)23/h1-11H,(H,24,26). The van der Waals surface area contributed by atoms with Crippen LogP contribution in [0.4, 0.5) is 5.69 Å². The monoisotopic (exact) mass is 447 g/mol. The van der Waals surface area contributed by atoms with Gasteiger partial charge in [0.25, 0.3) is 5.91 Å². The number of rotatable bonds is 4. The molecule has 0 spiro atoms. The van der Waals surface area contributed by atoms with Crippen molar-refractivity contribution in [3.63, 3.8) is 0 Å². The molecule has 0 aliphatic heterocycles. The van der Waals surface area contributed by atoms with E-state index in [4.69, 9.17) is 23.2 Å². The Morgan fingerprint density at radius 2 is 1.62 bits per heavy atom. The molecule has 0 unspecified atom stereocenters. The first-order valence-electron chi connectivity index (χ1n) is 7.61. The van der Waals surface area contributed by atoms with Crippen LogP contribution in [0.1, 0.15) is 26.3 Å². The van der Waals surface area contributed by atoms with E-state index in [0.29, 0.717) is 36.9 Å². The summed E-state index contributed by atoms with van der Waals surface area (Å²) in [6, 6.07) is 18.4. The molecule has 1 amide bonds. The zero-order chi connectivity index (χ0) is 18.7. The molecule has 6 heteroatoms. The van der Waals surface area contributed by atoms with Crippen molar-refractivity contribution in [1.82, 2.24) is 0 Å². The third-order valence-corrected chi connectivity index (χ3v) is 4.74. The summed E-state index contributed by atoms with van der Waals surface area (Å²) in [5.74, 6) is -0.638. The van der Waals surface area contributed by atoms with Gasteiger partial charge in [-0.15, -0.1) is 0 Å². The number of anilines is 1. The first kappa shape index (κ1) is 18.6. The molecular formula is C20H12BrCl2NO2. The van der Waals surface area contributed by atoms with E-state index in [0.717, 1.165) is 0 Å². The summed E-state index contributed by atoms with van der Waals surface area (Å²) in [5, 5.41) is 3.58. The molecule has 0 heterocycles. The number of carbonyl (C=O) groups excluding carboxylic acids is 2. The van der Waals surface area contributed by atoms with Crippen LogP contribution in [0.3, 0.4) is 0 Å². The van der Waals surface area contributed by atoms with Gasteiger partial charge in [-0.05, 0) is 48.5 Å². The number of benzene rings is 3. The molecule has 3 aromatic rings. The summed E-state index contributed by atoms with van der Waals surface area (Å²) in [6.45, 7) is 0. The van der Waals surface area contributed by atoms with Gasteiger partial charge in [0.15, 0.2) is 5.78 Å². The molecule has 0 saturated heterocycles. The fourth-order valence-corrected chi connectivity index (χ4v) is 3.20. The van der Waals surface area contributed by atoms with Gasteiger partial charge in [-0.2, -0.15) is 0 Å². The van der Waals surface area contributed by atoms with Gasteiger partial charge in [0.05, 0.1) is 10.7 Å². The van der Waals surface area contributed by atoms with Crippen LogP contribution in [-0.4, -0.2) is 11.7 Å². The molecule has 0 saturated carbocycles. The Labute approximate surface area is 169 Å². The van der Waals surface area contributed by atoms with E-state index in [9.17, 15) is 9.59 Å². The number of carbonyl (C=O) groups is 2. The van der Waals surface area contributed by atoms with Crippen molar-refractivity contribution in [1.29, 1.82) is 0 Å². The van der Waals surface area contributed by atoms with Crippen molar-refractivity contribution in [3.8, 4) is 0 Å². The molecular weight excluding hydrogens is 437 g/mol. The van der Waals surface area contributed by atoms with Crippen LogP contribution in [0.15, 0.2) is 71.2 Å². The lowest BCUT2D eigenvalue weighted by Crippen LogP contribution is -2.15. The minimum atomic E-state index is -0.358. The second kappa shape index (κ2) is 8.04. The smallest absolute Gasteiger partial charge is 0.255 e. The van der Waals surface area contributed by atoms with Gasteiger partial charge >= 0.3 is 0 Å². The molecule has 1 N–H and O–H groups in total. The first-order valence-corrected chi connectivity index (χ1v) is 9.16. The SMILES string of the molecule is O=C(Nc1ccc(Br)cc1C(=O)c1ccccc1Cl)c1cccc(Cl)c1. The van der Waals surface area contributed by atoms with Crippen molar-refractivity contribution in [3.05, 3.63) is 97.9 Å². The number of hydrogen-bond donors (Lipinski definition) is 1. The molecule has 26 heavy (non-hydrogen) atoms. The Morgan fingerprint density at radius 3 is 2.35 bits per heavy atom. The molecule has 130 valence electrons. The van der Waals surface area contributed by atoms with E-state index < -0.39 is 0 Å². The van der Waals surface area contributed by atoms with Gasteiger partial charge in [0.1, 0.15) is 0 Å². The average Bonchev–Trinajstić information content (AvgIpc) is 2.63. The Balaban J connectivity index is 1.97. The summed E-state index contributed by atoms with van der Waals surface area (Å²) >= 11 is 15.4. The quantitative estimate of drug-likeness (QED) is 0.480. The zero-order valence-electron chi connectivity index (χ0n) is 13.3. The third kappa shape index (κ3) is 4.15. The maximum Gasteiger partial charge on any atom is 0.255 e. The molecule has 0 radical (unpaired) electrons. The van der Waals surface area contributed by atoms with Gasteiger partial charge < -0.3 is 5.32 Å². The molecule has 0 atom stereocenters. The van der Waals surface area contributed by atoms with E-state index in [-0.39, 0.29) is 11.7 Å². The van der Waals surface area contributed by atoms with Crippen LogP contribution in [0.5, 0.6) is 0 Å². The van der Waals surface area contributed by atoms with Crippen LogP contribution in [0, 0.1) is 0 Å². The summed E-state index contributed by atoms with van der Waals surface area (Å²) in [7, 11) is 0. The second-order valence-electron chi connectivity index (χ2n) is 5.46. The number of halogens is 3. The van der Waals surface area contributed by atoms with Gasteiger partial charge in [-0.1, -0.05) is 57.3 Å². The Kier molecular flexibility index (Phi) is 5.77. The first-order chi connectivity index (χ1) is 12.5. The molecule has 0 bridgehead atoms. The lowest BCUT2D eigenvalue weighted by Gasteiger charge is -2.12. The second-order valence-corrected chi connectivity index (χ2v) is 7.22. The number of hydrogen-bond acceptors (Lipinski definition) is 2. The van der Waals surface area contributed by atoms with E-state index in [1.54, 1.807) is 66.7 Å². The molecule has 3 aromatic carbocycles. The number of amides is 1. The third-order valence-electron chi connectivity index (χ3n) is 3.68. The van der Waals surface area contributed by atoms with Crippen molar-refractivity contribution >= 4 is 56.5 Å². The molecule has 3 rings (SSSR count). The fourth-order valence-electron chi connectivity index (χ4n) is 2.43. The highest BCUT2D eigenvalue weighted by Gasteiger charge is 2.18. The topological polar surface area (TPSA) is 46.2 Å². The Bertz CT molecular complexity index is 1000. The highest BCUT2D eigenvalue weighted by molar-refractivity contribution is 9.10. The van der Waals surface area contributed by atoms with Crippen molar-refractivity contribution in [2.24, 2.45) is 0 Å². The Morgan fingerprint density at radius 1 is 0.846 bits per heavy atom. The number of ketones is 1. The summed E-state index contributed by atoms with van der Waals surface area (Å²) in [6.07, 6.45) is 0. The van der Waals surface area contributed by atoms with Gasteiger partial charge in [0.2, 0.25) is 0 Å². The number of nitrogens with one attached hydrogen (secondary N) is 1. The average molecular weight is 449 g/mol. The van der Waals surface area contributed by atoms with Crippen LogP contribution in [-0.2, 0) is 0 Å². The minimum Gasteiger partial charge on any atom is -0.321 e. The summed E-state index contributed by atoms with van der Waals surface area (Å²) in [4.78, 5) is 25.4. The van der Waals surface area contributed by atoms with E-state index >= 15 is 0 Å². The largest absolute Gasteiger partial charge is 0.321 e. The van der Waals surface area contributed by atoms with Gasteiger partial charge in [-0.25, -0.2) is 0 Å². The van der Waals surface area contributed by atoms with Crippen LogP contribution >= 0.6 is 39.1 Å². The zero-order valence-corrected chi connectivity index (χ0v) is 16.4. The van der Waals surface area contributed by atoms with Crippen LogP contribution < -0.4 is 5.32 Å². The highest BCUT2D eigenvalue weighted by atomic mass is 79.9. The lowest BCUT2D eigenvalue weighted by atomic mass is 10.0. The van der Waals surface area contributed by atoms with E-state index in [2.05, 4.69) is 21.2 Å². The molecule has 0 aliphatic carbocycles. The predicted octanol–water partition coefficient (Wildman–Crippen LogP) is 6.24. The van der Waals surface area contributed by atoms with E-state index in [1.165, 1.54) is 0 Å². The Hall–Kier alpha value is -2.14. The van der Waals surface area contributed by atoms with Crippen LogP contribution in [0.25, 0.3) is 0 Å². The minimum absolute atomic E-state index is 0.279. The summed E-state index contributed by atoms with van der Waals surface area (Å²) in [5.41, 5.74) is 1.49. The highest BCUT2D eigenvalue weighted by Crippen LogP contribution is 2.27. The maximum atomic E-state index is 12.9. The molecule has 0 fully saturated rings. The van der Waals surface area contributed by atoms with Gasteiger partial charge in [-0.3, -0.25) is 9.59 Å². The molecule has 0 aromatic heterocycles. The van der Waals surface area contributed by atoms with Gasteiger partial charge in [0, 0.05) is 26.2 Å². The van der Waals surface area contributed by atoms with Crippen molar-refractivity contribution in [2.75, 3.05) is 5.32 Å². The van der Waals surface area contributed by atoms with Crippen molar-refractivity contribution in [2.45, 2.75) is 0 Å². The maximum absolute atomic E-state index is 12.9. The summed E-state index contributed by atoms with van der Waals surface area (Å²) < 4.78 is 0.716. The molecule has 0 aliphatic rings. The van der Waals surface area contributed by atoms with E-state index in [1.807, 2.05) is 0 Å².